The van der Waals surface area contributed by atoms with Crippen LogP contribution in [0.25, 0.3) is 5.65 Å². The Balaban J connectivity index is 2.46. The summed E-state index contributed by atoms with van der Waals surface area (Å²) in [5.74, 6) is 1.09. The highest BCUT2D eigenvalue weighted by atomic mass is 16.1. The van der Waals surface area contributed by atoms with Gasteiger partial charge in [0.05, 0.1) is 12.5 Å². The van der Waals surface area contributed by atoms with Crippen molar-refractivity contribution in [2.75, 3.05) is 18.0 Å². The van der Waals surface area contributed by atoms with Crippen LogP contribution < -0.4 is 4.90 Å². The maximum Gasteiger partial charge on any atom is 0.170 e. The number of aldehydes is 1. The van der Waals surface area contributed by atoms with Crippen LogP contribution in [0.4, 0.5) is 5.82 Å². The van der Waals surface area contributed by atoms with Gasteiger partial charge in [-0.2, -0.15) is 5.26 Å². The molecule has 104 valence electrons. The van der Waals surface area contributed by atoms with Gasteiger partial charge in [-0.15, -0.1) is 0 Å². The van der Waals surface area contributed by atoms with Crippen LogP contribution in [0.2, 0.25) is 0 Å². The molecule has 2 aromatic heterocycles. The molecule has 0 aliphatic rings. The number of imidazole rings is 1. The molecule has 2 heterocycles. The van der Waals surface area contributed by atoms with Gasteiger partial charge in [0.25, 0.3) is 0 Å². The molecule has 2 aromatic rings. The quantitative estimate of drug-likeness (QED) is 0.757. The minimum absolute atomic E-state index is 0.416. The molecule has 0 aliphatic carbocycles. The smallest absolute Gasteiger partial charge is 0.170 e. The molecule has 5 heteroatoms. The second kappa shape index (κ2) is 6.20. The van der Waals surface area contributed by atoms with Crippen LogP contribution in [-0.4, -0.2) is 28.8 Å². The summed E-state index contributed by atoms with van der Waals surface area (Å²) in [7, 11) is 0. The van der Waals surface area contributed by atoms with E-state index in [-0.39, 0.29) is 0 Å². The number of hydrogen-bond donors (Lipinski definition) is 0. The molecule has 0 unspecified atom stereocenters. The molecule has 2 rings (SSSR count). The van der Waals surface area contributed by atoms with Gasteiger partial charge in [0.2, 0.25) is 0 Å². The number of carbonyl (C=O) groups is 1. The van der Waals surface area contributed by atoms with Gasteiger partial charge >= 0.3 is 0 Å². The molecule has 0 amide bonds. The van der Waals surface area contributed by atoms with Crippen LogP contribution in [0.5, 0.6) is 0 Å². The van der Waals surface area contributed by atoms with Crippen molar-refractivity contribution in [2.45, 2.75) is 20.3 Å². The number of fused-ring (bicyclic) bond motifs is 1. The summed E-state index contributed by atoms with van der Waals surface area (Å²) in [4.78, 5) is 18.0. The Morgan fingerprint density at radius 3 is 2.95 bits per heavy atom. The normalized spacial score (nSPS) is 10.7. The zero-order chi connectivity index (χ0) is 14.5. The van der Waals surface area contributed by atoms with E-state index in [4.69, 9.17) is 5.26 Å². The number of hydrogen-bond acceptors (Lipinski definition) is 4. The first-order valence-corrected chi connectivity index (χ1v) is 6.71. The van der Waals surface area contributed by atoms with Crippen LogP contribution in [0.1, 0.15) is 30.8 Å². The van der Waals surface area contributed by atoms with Gasteiger partial charge in [-0.1, -0.05) is 19.9 Å². The van der Waals surface area contributed by atoms with Gasteiger partial charge in [-0.25, -0.2) is 4.98 Å². The Hall–Kier alpha value is -2.35. The summed E-state index contributed by atoms with van der Waals surface area (Å²) in [6.07, 6.45) is 3.07. The minimum atomic E-state index is 0.416. The summed E-state index contributed by atoms with van der Waals surface area (Å²) in [5.41, 5.74) is 1.29. The molecule has 0 saturated carbocycles. The summed E-state index contributed by atoms with van der Waals surface area (Å²) in [5, 5.41) is 8.79. The topological polar surface area (TPSA) is 61.4 Å². The largest absolute Gasteiger partial charge is 0.353 e. The lowest BCUT2D eigenvalue weighted by Crippen LogP contribution is -2.29. The fraction of sp³-hybridized carbons (Fsp3) is 0.400. The minimum Gasteiger partial charge on any atom is -0.353 e. The zero-order valence-corrected chi connectivity index (χ0v) is 11.8. The number of rotatable bonds is 6. The molecule has 0 N–H and O–H groups in total. The third-order valence-corrected chi connectivity index (χ3v) is 3.04. The molecular formula is C15H18N4O. The van der Waals surface area contributed by atoms with Crippen LogP contribution in [0.3, 0.4) is 0 Å². The number of nitriles is 1. The summed E-state index contributed by atoms with van der Waals surface area (Å²) < 4.78 is 1.78. The van der Waals surface area contributed by atoms with Crippen molar-refractivity contribution in [1.82, 2.24) is 9.38 Å². The van der Waals surface area contributed by atoms with Crippen LogP contribution in [0.15, 0.2) is 24.4 Å². The molecule has 0 radical (unpaired) electrons. The second-order valence-electron chi connectivity index (χ2n) is 5.12. The highest BCUT2D eigenvalue weighted by molar-refractivity contribution is 5.83. The number of pyridine rings is 1. The van der Waals surface area contributed by atoms with Crippen molar-refractivity contribution in [2.24, 2.45) is 5.92 Å². The van der Waals surface area contributed by atoms with Gasteiger partial charge < -0.3 is 4.90 Å². The van der Waals surface area contributed by atoms with E-state index in [2.05, 4.69) is 24.9 Å². The molecule has 5 nitrogen and oxygen atoms in total. The molecule has 0 bridgehead atoms. The van der Waals surface area contributed by atoms with E-state index in [1.54, 1.807) is 4.40 Å². The van der Waals surface area contributed by atoms with Gasteiger partial charge in [0.1, 0.15) is 11.3 Å². The first-order chi connectivity index (χ1) is 9.67. The van der Waals surface area contributed by atoms with Gasteiger partial charge in [-0.05, 0) is 18.1 Å². The lowest BCUT2D eigenvalue weighted by molar-refractivity contribution is 0.111. The third-order valence-electron chi connectivity index (χ3n) is 3.04. The standard InChI is InChI=1S/C15H18N4O/c1-12(2)10-18(8-5-7-16)15-13(11-20)19-9-4-3-6-14(19)17-15/h3-4,6,9,11-12H,5,8,10H2,1-2H3. The van der Waals surface area contributed by atoms with Crippen LogP contribution in [0, 0.1) is 17.2 Å². The molecule has 20 heavy (non-hydrogen) atoms. The predicted molar refractivity (Wildman–Crippen MR) is 77.9 cm³/mol. The predicted octanol–water partition coefficient (Wildman–Crippen LogP) is 2.52. The Bertz CT molecular complexity index is 639. The van der Waals surface area contributed by atoms with E-state index in [9.17, 15) is 4.79 Å². The average Bonchev–Trinajstić information content (AvgIpc) is 2.81. The first-order valence-electron chi connectivity index (χ1n) is 6.71. The summed E-state index contributed by atoms with van der Waals surface area (Å²) in [6.45, 7) is 5.57. The van der Waals surface area contributed by atoms with E-state index in [1.807, 2.05) is 29.3 Å². The van der Waals surface area contributed by atoms with Gasteiger partial charge in [0, 0.05) is 19.3 Å². The highest BCUT2D eigenvalue weighted by Gasteiger charge is 2.18. The number of aromatic nitrogens is 2. The molecule has 0 aliphatic heterocycles. The van der Waals surface area contributed by atoms with Crippen molar-refractivity contribution < 1.29 is 4.79 Å². The molecular weight excluding hydrogens is 252 g/mol. The number of carbonyl (C=O) groups excluding carboxylic acids is 1. The fourth-order valence-electron chi connectivity index (χ4n) is 2.25. The van der Waals surface area contributed by atoms with E-state index in [1.165, 1.54) is 0 Å². The number of anilines is 1. The maximum absolute atomic E-state index is 11.4. The van der Waals surface area contributed by atoms with Crippen LogP contribution in [-0.2, 0) is 0 Å². The fourth-order valence-corrected chi connectivity index (χ4v) is 2.25. The van der Waals surface area contributed by atoms with Crippen molar-refractivity contribution in [3.63, 3.8) is 0 Å². The van der Waals surface area contributed by atoms with Crippen molar-refractivity contribution in [1.29, 1.82) is 5.26 Å². The molecule has 0 atom stereocenters. The van der Waals surface area contributed by atoms with Gasteiger partial charge in [-0.3, -0.25) is 9.20 Å². The Kier molecular flexibility index (Phi) is 4.36. The monoisotopic (exact) mass is 270 g/mol. The molecule has 0 spiro atoms. The maximum atomic E-state index is 11.4. The molecule has 0 saturated heterocycles. The average molecular weight is 270 g/mol. The van der Waals surface area contributed by atoms with E-state index in [0.29, 0.717) is 30.4 Å². The van der Waals surface area contributed by atoms with Gasteiger partial charge in [0.15, 0.2) is 12.1 Å². The van der Waals surface area contributed by atoms with Crippen molar-refractivity contribution in [3.05, 3.63) is 30.1 Å². The lowest BCUT2D eigenvalue weighted by Gasteiger charge is -2.23. The Morgan fingerprint density at radius 2 is 2.30 bits per heavy atom. The van der Waals surface area contributed by atoms with Crippen molar-refractivity contribution >= 4 is 17.8 Å². The lowest BCUT2D eigenvalue weighted by atomic mass is 10.2. The number of nitrogens with zero attached hydrogens (tertiary/aromatic N) is 4. The van der Waals surface area contributed by atoms with E-state index < -0.39 is 0 Å². The van der Waals surface area contributed by atoms with E-state index >= 15 is 0 Å². The SMILES string of the molecule is CC(C)CN(CCC#N)c1nc2ccccn2c1C=O. The highest BCUT2D eigenvalue weighted by Crippen LogP contribution is 2.21. The Labute approximate surface area is 118 Å². The zero-order valence-electron chi connectivity index (χ0n) is 11.8. The van der Waals surface area contributed by atoms with Crippen LogP contribution >= 0.6 is 0 Å². The third kappa shape index (κ3) is 2.80. The first kappa shape index (κ1) is 14.1. The van der Waals surface area contributed by atoms with E-state index in [0.717, 1.165) is 18.5 Å². The second-order valence-corrected chi connectivity index (χ2v) is 5.12. The molecule has 0 fully saturated rings. The van der Waals surface area contributed by atoms with Crippen molar-refractivity contribution in [3.8, 4) is 6.07 Å². The summed E-state index contributed by atoms with van der Waals surface area (Å²) in [6, 6.07) is 7.78. The Morgan fingerprint density at radius 1 is 1.50 bits per heavy atom. The molecule has 0 aromatic carbocycles. The summed E-state index contributed by atoms with van der Waals surface area (Å²) >= 11 is 0.